The molecule has 0 saturated carbocycles. The minimum atomic E-state index is 0.308. The van der Waals surface area contributed by atoms with Crippen LogP contribution >= 0.6 is 0 Å². The summed E-state index contributed by atoms with van der Waals surface area (Å²) in [6.45, 7) is 14.5. The average molecular weight is 233 g/mol. The normalized spacial score (nSPS) is 12.2. The van der Waals surface area contributed by atoms with Gasteiger partial charge in [-0.25, -0.2) is 0 Å². The van der Waals surface area contributed by atoms with Gasteiger partial charge in [0.05, 0.1) is 0 Å². The van der Waals surface area contributed by atoms with Crippen molar-refractivity contribution in [1.82, 2.24) is 5.32 Å². The van der Waals surface area contributed by atoms with Crippen LogP contribution in [0.15, 0.2) is 18.2 Å². The molecule has 17 heavy (non-hydrogen) atoms. The van der Waals surface area contributed by atoms with Crippen molar-refractivity contribution in [1.29, 1.82) is 0 Å². The first kappa shape index (κ1) is 14.2. The fourth-order valence-corrected chi connectivity index (χ4v) is 2.05. The summed E-state index contributed by atoms with van der Waals surface area (Å²) in [6.07, 6.45) is 1.14. The molecule has 1 aromatic rings. The van der Waals surface area contributed by atoms with Crippen LogP contribution < -0.4 is 5.32 Å². The van der Waals surface area contributed by atoms with Crippen LogP contribution in [0.2, 0.25) is 0 Å². The van der Waals surface area contributed by atoms with Crippen LogP contribution in [-0.2, 0) is 6.42 Å². The molecule has 0 atom stereocenters. The van der Waals surface area contributed by atoms with Crippen molar-refractivity contribution >= 4 is 0 Å². The molecule has 0 aliphatic carbocycles. The smallest absolute Gasteiger partial charge is 0.00106 e. The highest BCUT2D eigenvalue weighted by molar-refractivity contribution is 5.31. The van der Waals surface area contributed by atoms with Gasteiger partial charge in [0.15, 0.2) is 0 Å². The molecule has 0 amide bonds. The lowest BCUT2D eigenvalue weighted by Crippen LogP contribution is -2.35. The predicted octanol–water partition coefficient (Wildman–Crippen LogP) is 3.87. The third-order valence-electron chi connectivity index (χ3n) is 3.16. The Morgan fingerprint density at radius 1 is 1.18 bits per heavy atom. The van der Waals surface area contributed by atoms with E-state index in [0.29, 0.717) is 11.5 Å². The summed E-state index contributed by atoms with van der Waals surface area (Å²) in [5.41, 5.74) is 4.56. The van der Waals surface area contributed by atoms with Crippen LogP contribution in [0, 0.1) is 19.3 Å². The minimum Gasteiger partial charge on any atom is -0.314 e. The summed E-state index contributed by atoms with van der Waals surface area (Å²) < 4.78 is 0. The fraction of sp³-hybridized carbons (Fsp3) is 0.625. The molecule has 0 aliphatic rings. The molecule has 0 unspecified atom stereocenters. The van der Waals surface area contributed by atoms with E-state index in [2.05, 4.69) is 65.1 Å². The maximum Gasteiger partial charge on any atom is 0.00106 e. The van der Waals surface area contributed by atoms with E-state index < -0.39 is 0 Å². The summed E-state index contributed by atoms with van der Waals surface area (Å²) in [7, 11) is 0. The van der Waals surface area contributed by atoms with Crippen molar-refractivity contribution in [2.75, 3.05) is 6.54 Å². The Labute approximate surface area is 107 Å². The summed E-state index contributed by atoms with van der Waals surface area (Å²) in [6, 6.07) is 7.31. The first-order chi connectivity index (χ1) is 7.80. The molecule has 1 rings (SSSR count). The molecule has 0 aromatic heterocycles. The van der Waals surface area contributed by atoms with Crippen molar-refractivity contribution < 1.29 is 0 Å². The molecule has 0 heterocycles. The van der Waals surface area contributed by atoms with Crippen LogP contribution in [-0.4, -0.2) is 12.6 Å². The van der Waals surface area contributed by atoms with Crippen LogP contribution in [0.3, 0.4) is 0 Å². The number of aryl methyl sites for hydroxylation is 2. The Morgan fingerprint density at radius 3 is 2.41 bits per heavy atom. The highest BCUT2D eigenvalue weighted by Gasteiger charge is 2.19. The van der Waals surface area contributed by atoms with Gasteiger partial charge in [-0.3, -0.25) is 0 Å². The molecule has 1 nitrogen and oxygen atoms in total. The van der Waals surface area contributed by atoms with Crippen molar-refractivity contribution in [3.05, 3.63) is 34.9 Å². The molecular weight excluding hydrogens is 206 g/mol. The highest BCUT2D eigenvalue weighted by atomic mass is 14.9. The number of hydrogen-bond acceptors (Lipinski definition) is 1. The van der Waals surface area contributed by atoms with Gasteiger partial charge in [-0.2, -0.15) is 0 Å². The summed E-state index contributed by atoms with van der Waals surface area (Å²) in [5.74, 6) is 0. The van der Waals surface area contributed by atoms with E-state index in [9.17, 15) is 0 Å². The quantitative estimate of drug-likeness (QED) is 0.814. The van der Waals surface area contributed by atoms with Gasteiger partial charge in [0.2, 0.25) is 0 Å². The van der Waals surface area contributed by atoms with Gasteiger partial charge < -0.3 is 5.32 Å². The largest absolute Gasteiger partial charge is 0.314 e. The van der Waals surface area contributed by atoms with Gasteiger partial charge in [-0.1, -0.05) is 51.5 Å². The van der Waals surface area contributed by atoms with Crippen LogP contribution in [0.25, 0.3) is 0 Å². The molecule has 0 radical (unpaired) electrons. The van der Waals surface area contributed by atoms with E-state index in [-0.39, 0.29) is 0 Å². The summed E-state index contributed by atoms with van der Waals surface area (Å²) in [4.78, 5) is 0. The molecule has 0 aliphatic heterocycles. The molecule has 0 saturated heterocycles. The van der Waals surface area contributed by atoms with Gasteiger partial charge in [0.1, 0.15) is 0 Å². The number of rotatable bonds is 5. The van der Waals surface area contributed by atoms with Gasteiger partial charge in [0, 0.05) is 12.6 Å². The lowest BCUT2D eigenvalue weighted by Gasteiger charge is -2.27. The molecule has 0 spiro atoms. The topological polar surface area (TPSA) is 12.0 Å². The van der Waals surface area contributed by atoms with E-state index in [1.54, 1.807) is 0 Å². The predicted molar refractivity (Wildman–Crippen MR) is 76.5 cm³/mol. The molecule has 0 bridgehead atoms. The second-order valence-corrected chi connectivity index (χ2v) is 6.31. The summed E-state index contributed by atoms with van der Waals surface area (Å²) >= 11 is 0. The number of benzene rings is 1. The van der Waals surface area contributed by atoms with E-state index in [4.69, 9.17) is 0 Å². The van der Waals surface area contributed by atoms with Crippen molar-refractivity contribution in [3.63, 3.8) is 0 Å². The standard InChI is InChI=1S/C16H27N/c1-12(2)17-11-16(5,6)10-15-9-13(3)7-8-14(15)4/h7-9,12,17H,10-11H2,1-6H3. The molecule has 1 N–H and O–H groups in total. The second kappa shape index (κ2) is 5.68. The fourth-order valence-electron chi connectivity index (χ4n) is 2.05. The Balaban J connectivity index is 2.71. The Morgan fingerprint density at radius 2 is 1.82 bits per heavy atom. The van der Waals surface area contributed by atoms with Gasteiger partial charge in [-0.15, -0.1) is 0 Å². The van der Waals surface area contributed by atoms with Crippen LogP contribution in [0.4, 0.5) is 0 Å². The van der Waals surface area contributed by atoms with Crippen molar-refractivity contribution in [2.24, 2.45) is 5.41 Å². The molecule has 1 aromatic carbocycles. The second-order valence-electron chi connectivity index (χ2n) is 6.31. The number of nitrogens with one attached hydrogen (secondary N) is 1. The first-order valence-corrected chi connectivity index (χ1v) is 6.60. The van der Waals surface area contributed by atoms with E-state index in [1.165, 1.54) is 16.7 Å². The highest BCUT2D eigenvalue weighted by Crippen LogP contribution is 2.24. The minimum absolute atomic E-state index is 0.308. The van der Waals surface area contributed by atoms with E-state index >= 15 is 0 Å². The van der Waals surface area contributed by atoms with E-state index in [0.717, 1.165) is 13.0 Å². The maximum atomic E-state index is 3.54. The average Bonchev–Trinajstić information content (AvgIpc) is 2.20. The van der Waals surface area contributed by atoms with Gasteiger partial charge in [-0.05, 0) is 36.8 Å². The van der Waals surface area contributed by atoms with Gasteiger partial charge in [0.25, 0.3) is 0 Å². The third kappa shape index (κ3) is 4.91. The van der Waals surface area contributed by atoms with Crippen LogP contribution in [0.5, 0.6) is 0 Å². The molecule has 1 heteroatoms. The molecule has 0 fully saturated rings. The van der Waals surface area contributed by atoms with Crippen LogP contribution in [0.1, 0.15) is 44.4 Å². The van der Waals surface area contributed by atoms with E-state index in [1.807, 2.05) is 0 Å². The number of hydrogen-bond donors (Lipinski definition) is 1. The SMILES string of the molecule is Cc1ccc(C)c(CC(C)(C)CNC(C)C)c1. The van der Waals surface area contributed by atoms with Crippen molar-refractivity contribution in [3.8, 4) is 0 Å². The Bertz CT molecular complexity index is 364. The molecular formula is C16H27N. The maximum absolute atomic E-state index is 3.54. The summed E-state index contributed by atoms with van der Waals surface area (Å²) in [5, 5.41) is 3.54. The van der Waals surface area contributed by atoms with Gasteiger partial charge >= 0.3 is 0 Å². The van der Waals surface area contributed by atoms with Crippen molar-refractivity contribution in [2.45, 2.75) is 54.0 Å². The monoisotopic (exact) mass is 233 g/mol. The zero-order valence-corrected chi connectivity index (χ0v) is 12.2. The zero-order valence-electron chi connectivity index (χ0n) is 12.2. The zero-order chi connectivity index (χ0) is 13.1. The Kier molecular flexibility index (Phi) is 4.76. The molecule has 96 valence electrons. The Hall–Kier alpha value is -0.820. The third-order valence-corrected chi connectivity index (χ3v) is 3.16. The lowest BCUT2D eigenvalue weighted by atomic mass is 9.83. The lowest BCUT2D eigenvalue weighted by molar-refractivity contribution is 0.325. The first-order valence-electron chi connectivity index (χ1n) is 6.60.